The van der Waals surface area contributed by atoms with E-state index in [1.165, 1.54) is 11.3 Å². The molecule has 1 saturated heterocycles. The summed E-state index contributed by atoms with van der Waals surface area (Å²) >= 11 is 0. The second-order valence-corrected chi connectivity index (χ2v) is 5.40. The van der Waals surface area contributed by atoms with Gasteiger partial charge in [0.2, 0.25) is 5.91 Å². The Hall–Kier alpha value is -1.55. The molecule has 1 amide bonds. The van der Waals surface area contributed by atoms with Gasteiger partial charge in [0.05, 0.1) is 6.04 Å². The van der Waals surface area contributed by atoms with Gasteiger partial charge in [0, 0.05) is 24.8 Å². The Labute approximate surface area is 115 Å². The van der Waals surface area contributed by atoms with Crippen LogP contribution in [0.4, 0.5) is 5.69 Å². The number of carbonyl (C=O) groups is 1. The third-order valence-electron chi connectivity index (χ3n) is 3.91. The second-order valence-electron chi connectivity index (χ2n) is 5.40. The summed E-state index contributed by atoms with van der Waals surface area (Å²) in [6, 6.07) is 8.81. The summed E-state index contributed by atoms with van der Waals surface area (Å²) in [7, 11) is 0. The fourth-order valence-corrected chi connectivity index (χ4v) is 2.50. The highest BCUT2D eigenvalue weighted by molar-refractivity contribution is 5.79. The molecular formula is C15H23N3O. The van der Waals surface area contributed by atoms with E-state index >= 15 is 0 Å². The van der Waals surface area contributed by atoms with E-state index in [0.29, 0.717) is 6.04 Å². The zero-order valence-corrected chi connectivity index (χ0v) is 11.7. The smallest absolute Gasteiger partial charge is 0.234 e. The number of likely N-dealkylation sites (tertiary alicyclic amines) is 1. The molecule has 0 aliphatic carbocycles. The summed E-state index contributed by atoms with van der Waals surface area (Å²) in [6.45, 7) is 5.82. The number of aryl methyl sites for hydroxylation is 1. The lowest BCUT2D eigenvalue weighted by Gasteiger charge is -2.35. The molecule has 1 heterocycles. The van der Waals surface area contributed by atoms with E-state index in [-0.39, 0.29) is 11.9 Å². The molecule has 1 fully saturated rings. The van der Waals surface area contributed by atoms with Crippen LogP contribution >= 0.6 is 0 Å². The van der Waals surface area contributed by atoms with E-state index < -0.39 is 0 Å². The molecule has 104 valence electrons. The van der Waals surface area contributed by atoms with Crippen molar-refractivity contribution in [3.8, 4) is 0 Å². The SMILES string of the molecule is Cc1ccc(NC2CCN([C@@H](C)C(N)=O)CC2)cc1. The number of amides is 1. The third kappa shape index (κ3) is 3.70. The van der Waals surface area contributed by atoms with Gasteiger partial charge >= 0.3 is 0 Å². The number of primary amides is 1. The lowest BCUT2D eigenvalue weighted by atomic mass is 10.0. The number of hydrogen-bond acceptors (Lipinski definition) is 3. The minimum Gasteiger partial charge on any atom is -0.382 e. The fourth-order valence-electron chi connectivity index (χ4n) is 2.50. The highest BCUT2D eigenvalue weighted by Gasteiger charge is 2.25. The van der Waals surface area contributed by atoms with Crippen LogP contribution < -0.4 is 11.1 Å². The highest BCUT2D eigenvalue weighted by atomic mass is 16.1. The number of anilines is 1. The van der Waals surface area contributed by atoms with E-state index in [0.717, 1.165) is 25.9 Å². The number of nitrogens with zero attached hydrogens (tertiary/aromatic N) is 1. The Morgan fingerprint density at radius 2 is 1.89 bits per heavy atom. The Balaban J connectivity index is 1.83. The number of benzene rings is 1. The van der Waals surface area contributed by atoms with Crippen molar-refractivity contribution in [3.63, 3.8) is 0 Å². The summed E-state index contributed by atoms with van der Waals surface area (Å²) < 4.78 is 0. The topological polar surface area (TPSA) is 58.4 Å². The predicted octanol–water partition coefficient (Wildman–Crippen LogP) is 1.75. The normalized spacial score (nSPS) is 19.1. The quantitative estimate of drug-likeness (QED) is 0.868. The number of nitrogens with one attached hydrogen (secondary N) is 1. The predicted molar refractivity (Wildman–Crippen MR) is 78.1 cm³/mol. The molecule has 4 heteroatoms. The molecular weight excluding hydrogens is 238 g/mol. The maximum atomic E-state index is 11.2. The number of rotatable bonds is 4. The third-order valence-corrected chi connectivity index (χ3v) is 3.91. The van der Waals surface area contributed by atoms with E-state index in [9.17, 15) is 4.79 Å². The molecule has 1 aromatic rings. The maximum Gasteiger partial charge on any atom is 0.234 e. The first-order valence-corrected chi connectivity index (χ1v) is 6.93. The van der Waals surface area contributed by atoms with Crippen LogP contribution in [0.1, 0.15) is 25.3 Å². The Morgan fingerprint density at radius 3 is 2.42 bits per heavy atom. The van der Waals surface area contributed by atoms with Crippen molar-refractivity contribution in [2.24, 2.45) is 5.73 Å². The maximum absolute atomic E-state index is 11.2. The minimum atomic E-state index is -0.232. The molecule has 1 aliphatic heterocycles. The minimum absolute atomic E-state index is 0.152. The van der Waals surface area contributed by atoms with Crippen LogP contribution in [0, 0.1) is 6.92 Å². The van der Waals surface area contributed by atoms with E-state index in [1.54, 1.807) is 0 Å². The molecule has 0 spiro atoms. The lowest BCUT2D eigenvalue weighted by molar-refractivity contribution is -0.123. The van der Waals surface area contributed by atoms with Gasteiger partial charge in [-0.1, -0.05) is 17.7 Å². The first-order valence-electron chi connectivity index (χ1n) is 6.93. The van der Waals surface area contributed by atoms with Crippen LogP contribution in [0.2, 0.25) is 0 Å². The molecule has 1 atom stereocenters. The number of carbonyl (C=O) groups excluding carboxylic acids is 1. The molecule has 0 unspecified atom stereocenters. The summed E-state index contributed by atoms with van der Waals surface area (Å²) in [5.41, 5.74) is 7.79. The lowest BCUT2D eigenvalue weighted by Crippen LogP contribution is -2.48. The van der Waals surface area contributed by atoms with Gasteiger partial charge in [0.1, 0.15) is 0 Å². The molecule has 4 nitrogen and oxygen atoms in total. The monoisotopic (exact) mass is 261 g/mol. The van der Waals surface area contributed by atoms with Crippen LogP contribution in [0.3, 0.4) is 0 Å². The average molecular weight is 261 g/mol. The fraction of sp³-hybridized carbons (Fsp3) is 0.533. The van der Waals surface area contributed by atoms with Crippen molar-refractivity contribution >= 4 is 11.6 Å². The zero-order chi connectivity index (χ0) is 13.8. The summed E-state index contributed by atoms with van der Waals surface area (Å²) in [5, 5.41) is 3.55. The Bertz CT molecular complexity index is 422. The largest absolute Gasteiger partial charge is 0.382 e. The summed E-state index contributed by atoms with van der Waals surface area (Å²) in [6.07, 6.45) is 2.09. The first kappa shape index (κ1) is 13.9. The van der Waals surface area contributed by atoms with Crippen LogP contribution in [0.15, 0.2) is 24.3 Å². The average Bonchev–Trinajstić information content (AvgIpc) is 2.41. The Kier molecular flexibility index (Phi) is 4.43. The van der Waals surface area contributed by atoms with Gasteiger partial charge in [-0.15, -0.1) is 0 Å². The molecule has 0 saturated carbocycles. The van der Waals surface area contributed by atoms with Crippen molar-refractivity contribution in [2.45, 2.75) is 38.8 Å². The molecule has 19 heavy (non-hydrogen) atoms. The number of nitrogens with two attached hydrogens (primary N) is 1. The molecule has 1 aliphatic rings. The number of hydrogen-bond donors (Lipinski definition) is 2. The van der Waals surface area contributed by atoms with Crippen molar-refractivity contribution < 1.29 is 4.79 Å². The van der Waals surface area contributed by atoms with E-state index in [2.05, 4.69) is 41.4 Å². The Morgan fingerprint density at radius 1 is 1.32 bits per heavy atom. The van der Waals surface area contributed by atoms with Crippen LogP contribution in [0.25, 0.3) is 0 Å². The van der Waals surface area contributed by atoms with E-state index in [4.69, 9.17) is 5.73 Å². The van der Waals surface area contributed by atoms with Gasteiger partial charge in [-0.2, -0.15) is 0 Å². The van der Waals surface area contributed by atoms with Crippen LogP contribution in [-0.2, 0) is 4.79 Å². The van der Waals surface area contributed by atoms with Gasteiger partial charge in [0.25, 0.3) is 0 Å². The first-order chi connectivity index (χ1) is 9.06. The van der Waals surface area contributed by atoms with Gasteiger partial charge < -0.3 is 11.1 Å². The van der Waals surface area contributed by atoms with Gasteiger partial charge in [0.15, 0.2) is 0 Å². The van der Waals surface area contributed by atoms with Crippen molar-refractivity contribution in [1.29, 1.82) is 0 Å². The van der Waals surface area contributed by atoms with Crippen molar-refractivity contribution in [2.75, 3.05) is 18.4 Å². The van der Waals surface area contributed by atoms with Gasteiger partial charge in [-0.05, 0) is 38.8 Å². The number of piperidine rings is 1. The molecule has 2 rings (SSSR count). The molecule has 0 radical (unpaired) electrons. The zero-order valence-electron chi connectivity index (χ0n) is 11.7. The van der Waals surface area contributed by atoms with Crippen LogP contribution in [-0.4, -0.2) is 36.0 Å². The van der Waals surface area contributed by atoms with Gasteiger partial charge in [-0.25, -0.2) is 0 Å². The summed E-state index contributed by atoms with van der Waals surface area (Å²) in [4.78, 5) is 13.3. The molecule has 3 N–H and O–H groups in total. The standard InChI is InChI=1S/C15H23N3O/c1-11-3-5-13(6-4-11)17-14-7-9-18(10-8-14)12(2)15(16)19/h3-6,12,14,17H,7-10H2,1-2H3,(H2,16,19)/t12-/m0/s1. The highest BCUT2D eigenvalue weighted by Crippen LogP contribution is 2.18. The second kappa shape index (κ2) is 6.06. The molecule has 1 aromatic carbocycles. The molecule has 0 bridgehead atoms. The summed E-state index contributed by atoms with van der Waals surface area (Å²) in [5.74, 6) is -0.232. The van der Waals surface area contributed by atoms with E-state index in [1.807, 2.05) is 6.92 Å². The van der Waals surface area contributed by atoms with Gasteiger partial charge in [-0.3, -0.25) is 9.69 Å². The van der Waals surface area contributed by atoms with Crippen molar-refractivity contribution in [3.05, 3.63) is 29.8 Å². The van der Waals surface area contributed by atoms with Crippen molar-refractivity contribution in [1.82, 2.24) is 4.90 Å². The molecule has 0 aromatic heterocycles. The van der Waals surface area contributed by atoms with Crippen LogP contribution in [0.5, 0.6) is 0 Å².